The Labute approximate surface area is 378 Å². The molecule has 2 aromatic heterocycles. The summed E-state index contributed by atoms with van der Waals surface area (Å²) in [5.74, 6) is 5.58. The predicted molar refractivity (Wildman–Crippen MR) is 259 cm³/mol. The van der Waals surface area contributed by atoms with E-state index < -0.39 is 0 Å². The van der Waals surface area contributed by atoms with Gasteiger partial charge in [0.2, 0.25) is 0 Å². The highest BCUT2D eigenvalue weighted by Gasteiger charge is 2.34. The fraction of sp³-hybridized carbons (Fsp3) is 0.455. The molecule has 0 radical (unpaired) electrons. The Balaban J connectivity index is 0.000000142. The van der Waals surface area contributed by atoms with Gasteiger partial charge in [-0.25, -0.2) is 4.98 Å². The van der Waals surface area contributed by atoms with Crippen LogP contribution in [0.1, 0.15) is 87.3 Å². The van der Waals surface area contributed by atoms with E-state index in [0.717, 1.165) is 73.6 Å². The lowest BCUT2D eigenvalue weighted by Gasteiger charge is -2.29. The van der Waals surface area contributed by atoms with Crippen LogP contribution < -0.4 is 4.74 Å². The summed E-state index contributed by atoms with van der Waals surface area (Å²) in [6.07, 6.45) is 8.65. The number of hydrogen-bond donors (Lipinski definition) is 2. The number of hydrogen-bond acceptors (Lipinski definition) is 6. The van der Waals surface area contributed by atoms with Crippen molar-refractivity contribution in [3.05, 3.63) is 174 Å². The van der Waals surface area contributed by atoms with E-state index >= 15 is 0 Å². The molecule has 334 valence electrons. The lowest BCUT2D eigenvalue weighted by Crippen LogP contribution is -2.37. The molecule has 8 heteroatoms. The van der Waals surface area contributed by atoms with Crippen LogP contribution >= 0.6 is 0 Å². The molecule has 9 atom stereocenters. The Hall–Kier alpha value is -5.02. The summed E-state index contributed by atoms with van der Waals surface area (Å²) in [6, 6.07) is 44.6. The van der Waals surface area contributed by atoms with Crippen LogP contribution in [0.2, 0.25) is 0 Å². The van der Waals surface area contributed by atoms with Gasteiger partial charge in [0.05, 0.1) is 19.5 Å². The first-order chi connectivity index (χ1) is 30.6. The molecule has 5 heterocycles. The molecule has 0 saturated carbocycles. The molecule has 3 fully saturated rings. The second-order valence-electron chi connectivity index (χ2n) is 19.2. The van der Waals surface area contributed by atoms with Gasteiger partial charge in [-0.1, -0.05) is 145 Å². The molecular formula is C55H73N7O. The largest absolute Gasteiger partial charge is 0.497 e. The topological polar surface area (TPSA) is 76.3 Å². The van der Waals surface area contributed by atoms with Crippen molar-refractivity contribution in [2.24, 2.45) is 35.5 Å². The summed E-state index contributed by atoms with van der Waals surface area (Å²) in [5.41, 5.74) is 7.97. The van der Waals surface area contributed by atoms with Crippen molar-refractivity contribution in [1.82, 2.24) is 34.9 Å². The van der Waals surface area contributed by atoms with Crippen molar-refractivity contribution in [3.8, 4) is 5.75 Å². The lowest BCUT2D eigenvalue weighted by molar-refractivity contribution is 0.226. The molecule has 9 unspecified atom stereocenters. The second kappa shape index (κ2) is 22.6. The summed E-state index contributed by atoms with van der Waals surface area (Å²) >= 11 is 0. The molecule has 0 aliphatic carbocycles. The second-order valence-corrected chi connectivity index (χ2v) is 19.2. The highest BCUT2D eigenvalue weighted by atomic mass is 16.5. The first kappa shape index (κ1) is 46.0. The predicted octanol–water partition coefficient (Wildman–Crippen LogP) is 10.8. The van der Waals surface area contributed by atoms with Crippen molar-refractivity contribution < 1.29 is 4.74 Å². The van der Waals surface area contributed by atoms with Gasteiger partial charge in [0.25, 0.3) is 0 Å². The van der Waals surface area contributed by atoms with E-state index in [2.05, 4.69) is 192 Å². The van der Waals surface area contributed by atoms with Gasteiger partial charge < -0.3 is 9.72 Å². The zero-order chi connectivity index (χ0) is 44.1. The highest BCUT2D eigenvalue weighted by molar-refractivity contribution is 5.37. The number of aromatic nitrogens is 4. The Morgan fingerprint density at radius 2 is 1.08 bits per heavy atom. The minimum atomic E-state index is 0.309. The van der Waals surface area contributed by atoms with E-state index in [1.54, 1.807) is 13.4 Å². The molecule has 2 N–H and O–H groups in total. The average molecular weight is 848 g/mol. The van der Waals surface area contributed by atoms with Crippen LogP contribution in [0.3, 0.4) is 0 Å². The van der Waals surface area contributed by atoms with Crippen molar-refractivity contribution >= 4 is 0 Å². The number of aromatic amines is 2. The molecule has 6 aromatic rings. The number of ether oxygens (including phenoxy) is 1. The van der Waals surface area contributed by atoms with E-state index in [1.165, 1.54) is 59.8 Å². The summed E-state index contributed by atoms with van der Waals surface area (Å²) in [6.45, 7) is 21.3. The van der Waals surface area contributed by atoms with Crippen LogP contribution in [0.5, 0.6) is 5.75 Å². The molecular weight excluding hydrogens is 775 g/mol. The molecule has 3 aliphatic heterocycles. The van der Waals surface area contributed by atoms with Gasteiger partial charge >= 0.3 is 0 Å². The van der Waals surface area contributed by atoms with Gasteiger partial charge in [0.15, 0.2) is 0 Å². The summed E-state index contributed by atoms with van der Waals surface area (Å²) < 4.78 is 5.43. The molecule has 0 bridgehead atoms. The summed E-state index contributed by atoms with van der Waals surface area (Å²) in [7, 11) is 1.73. The number of benzene rings is 4. The Kier molecular flexibility index (Phi) is 16.5. The number of imidazole rings is 1. The Morgan fingerprint density at radius 3 is 1.62 bits per heavy atom. The fourth-order valence-corrected chi connectivity index (χ4v) is 9.95. The normalized spacial score (nSPS) is 24.2. The maximum Gasteiger partial charge on any atom is 0.119 e. The zero-order valence-electron chi connectivity index (χ0n) is 39.0. The maximum absolute atomic E-state index is 5.43. The van der Waals surface area contributed by atoms with Gasteiger partial charge in [-0.2, -0.15) is 5.10 Å². The SMILES string of the molecule is CC1CN(C(Cc2ccccc2)c2ccccc2)CC1C.CC1CN(C(Cc2cnc[nH]2)Cc2ccn[nH]2)CC1C.COc1cccc(C(c2ccccc2)N2CC(C)C(C)C2)c1. The monoisotopic (exact) mass is 848 g/mol. The van der Waals surface area contributed by atoms with E-state index in [9.17, 15) is 0 Å². The van der Waals surface area contributed by atoms with Crippen molar-refractivity contribution in [1.29, 1.82) is 0 Å². The third kappa shape index (κ3) is 12.6. The number of nitrogens with one attached hydrogen (secondary N) is 2. The highest BCUT2D eigenvalue weighted by Crippen LogP contribution is 2.37. The first-order valence-electron chi connectivity index (χ1n) is 23.6. The molecule has 8 nitrogen and oxygen atoms in total. The summed E-state index contributed by atoms with van der Waals surface area (Å²) in [4.78, 5) is 15.3. The van der Waals surface area contributed by atoms with Gasteiger partial charge in [0, 0.05) is 88.0 Å². The van der Waals surface area contributed by atoms with Crippen molar-refractivity contribution in [3.63, 3.8) is 0 Å². The third-order valence-corrected chi connectivity index (χ3v) is 14.4. The van der Waals surface area contributed by atoms with E-state index in [4.69, 9.17) is 4.74 Å². The molecule has 3 aliphatic rings. The van der Waals surface area contributed by atoms with Crippen molar-refractivity contribution in [2.75, 3.05) is 46.4 Å². The molecule has 0 amide bonds. The molecule has 63 heavy (non-hydrogen) atoms. The molecule has 0 spiro atoms. The number of nitrogens with zero attached hydrogens (tertiary/aromatic N) is 5. The average Bonchev–Trinajstić information content (AvgIpc) is 4.18. The molecule has 3 saturated heterocycles. The number of methoxy groups -OCH3 is 1. The quantitative estimate of drug-likeness (QED) is 0.121. The number of likely N-dealkylation sites (tertiary alicyclic amines) is 3. The lowest BCUT2D eigenvalue weighted by atomic mass is 9.97. The minimum absolute atomic E-state index is 0.309. The van der Waals surface area contributed by atoms with Crippen LogP contribution in [-0.2, 0) is 19.3 Å². The number of rotatable bonds is 13. The van der Waals surface area contributed by atoms with Crippen LogP contribution in [0.25, 0.3) is 0 Å². The third-order valence-electron chi connectivity index (χ3n) is 14.4. The van der Waals surface area contributed by atoms with Crippen LogP contribution in [0.15, 0.2) is 140 Å². The zero-order valence-corrected chi connectivity index (χ0v) is 39.0. The van der Waals surface area contributed by atoms with E-state index in [0.29, 0.717) is 18.1 Å². The smallest absolute Gasteiger partial charge is 0.119 e. The van der Waals surface area contributed by atoms with Gasteiger partial charge in [-0.3, -0.25) is 19.8 Å². The Bertz CT molecular complexity index is 2100. The summed E-state index contributed by atoms with van der Waals surface area (Å²) in [5, 5.41) is 7.16. The van der Waals surface area contributed by atoms with Gasteiger partial charge in [-0.15, -0.1) is 0 Å². The van der Waals surface area contributed by atoms with Crippen LogP contribution in [0, 0.1) is 35.5 Å². The van der Waals surface area contributed by atoms with E-state index in [1.807, 2.05) is 18.5 Å². The fourth-order valence-electron chi connectivity index (χ4n) is 9.95. The van der Waals surface area contributed by atoms with E-state index in [-0.39, 0.29) is 0 Å². The van der Waals surface area contributed by atoms with Gasteiger partial charge in [-0.05, 0) is 82.4 Å². The van der Waals surface area contributed by atoms with Crippen LogP contribution in [-0.4, -0.2) is 87.3 Å². The Morgan fingerprint density at radius 1 is 0.556 bits per heavy atom. The van der Waals surface area contributed by atoms with Gasteiger partial charge in [0.1, 0.15) is 5.75 Å². The first-order valence-corrected chi connectivity index (χ1v) is 23.6. The minimum Gasteiger partial charge on any atom is -0.497 e. The standard InChI is InChI=1S/C20H25NO.C20H25N.C15H23N5/c1-15-13-21(14-16(15)2)20(17-8-5-4-6-9-17)18-10-7-11-19(12-18)22-3;1-16-14-21(15-17(16)2)20(19-11-7-4-8-12-19)13-18-9-5-3-6-10-18;1-11-8-20(9-12(11)2)15(5-13-3-4-18-19-13)6-14-7-16-10-17-14/h4-12,15-16,20H,13-14H2,1-3H3;3-12,16-17,20H,13-15H2,1-2H3;3-4,7,10-12,15H,5-6,8-9H2,1-2H3,(H,16,17)(H,18,19). The number of H-pyrrole nitrogens is 2. The van der Waals surface area contributed by atoms with Crippen molar-refractivity contribution in [2.45, 2.75) is 78.9 Å². The molecule has 4 aromatic carbocycles. The molecule has 9 rings (SSSR count). The maximum atomic E-state index is 5.43. The van der Waals surface area contributed by atoms with Crippen LogP contribution in [0.4, 0.5) is 0 Å².